The Balaban J connectivity index is 1.64. The number of amides is 2. The number of nitrogens with zero attached hydrogens (tertiary/aromatic N) is 6. The number of aliphatic imine (C=N–C) groups is 2. The van der Waals surface area contributed by atoms with Crippen molar-refractivity contribution in [1.82, 2.24) is 19.6 Å². The van der Waals surface area contributed by atoms with Crippen molar-refractivity contribution in [3.8, 4) is 6.07 Å². The van der Waals surface area contributed by atoms with Crippen LogP contribution in [0.4, 0.5) is 5.69 Å². The predicted molar refractivity (Wildman–Crippen MR) is 135 cm³/mol. The molecule has 12 nitrogen and oxygen atoms in total. The number of methoxy groups -OCH3 is 1. The zero-order valence-corrected chi connectivity index (χ0v) is 21.7. The molecule has 0 radical (unpaired) electrons. The molecule has 3 heterocycles. The summed E-state index contributed by atoms with van der Waals surface area (Å²) in [5, 5.41) is 11.5. The van der Waals surface area contributed by atoms with Gasteiger partial charge in [-0.05, 0) is 43.2 Å². The van der Waals surface area contributed by atoms with E-state index in [1.54, 1.807) is 23.1 Å². The molecule has 37 heavy (non-hydrogen) atoms. The van der Waals surface area contributed by atoms with Crippen LogP contribution in [0.15, 0.2) is 50.9 Å². The average molecular weight is 528 g/mol. The number of carbonyl (C=O) groups is 2. The lowest BCUT2D eigenvalue weighted by Gasteiger charge is -2.47. The van der Waals surface area contributed by atoms with Crippen molar-refractivity contribution in [3.05, 3.63) is 36.0 Å². The minimum atomic E-state index is -3.59. The molecular weight excluding hydrogens is 498 g/mol. The van der Waals surface area contributed by atoms with E-state index in [2.05, 4.69) is 21.5 Å². The van der Waals surface area contributed by atoms with E-state index < -0.39 is 27.4 Å². The van der Waals surface area contributed by atoms with Crippen LogP contribution in [0.25, 0.3) is 0 Å². The number of allylic oxidation sites excluding steroid dienone is 1. The third kappa shape index (κ3) is 5.00. The summed E-state index contributed by atoms with van der Waals surface area (Å²) in [6.45, 7) is 0.878. The summed E-state index contributed by atoms with van der Waals surface area (Å²) in [7, 11) is 0.797. The second-order valence-electron chi connectivity index (χ2n) is 9.24. The molecule has 2 saturated heterocycles. The van der Waals surface area contributed by atoms with Gasteiger partial charge in [0.1, 0.15) is 18.4 Å². The van der Waals surface area contributed by atoms with Crippen LogP contribution in [-0.4, -0.2) is 92.9 Å². The second kappa shape index (κ2) is 10.4. The number of sulfonamides is 1. The molecule has 0 aliphatic carbocycles. The minimum Gasteiger partial charge on any atom is -0.375 e. The number of benzene rings is 1. The Kier molecular flexibility index (Phi) is 7.44. The van der Waals surface area contributed by atoms with Gasteiger partial charge in [-0.1, -0.05) is 0 Å². The van der Waals surface area contributed by atoms with E-state index in [1.165, 1.54) is 39.6 Å². The summed E-state index contributed by atoms with van der Waals surface area (Å²) >= 11 is 0. The molecule has 0 aromatic heterocycles. The maximum absolute atomic E-state index is 12.8. The summed E-state index contributed by atoms with van der Waals surface area (Å²) < 4.78 is 30.9. The highest BCUT2D eigenvalue weighted by Gasteiger charge is 2.50. The summed E-state index contributed by atoms with van der Waals surface area (Å²) in [5.41, 5.74) is 3.67. The van der Waals surface area contributed by atoms with Crippen molar-refractivity contribution in [3.63, 3.8) is 0 Å². The maximum atomic E-state index is 12.8. The molecular formula is C24H29N7O5S. The molecule has 1 N–H and O–H groups in total. The van der Waals surface area contributed by atoms with Crippen molar-refractivity contribution in [1.29, 1.82) is 5.26 Å². The monoisotopic (exact) mass is 527 g/mol. The highest BCUT2D eigenvalue weighted by Crippen LogP contribution is 2.40. The van der Waals surface area contributed by atoms with E-state index in [0.29, 0.717) is 43.2 Å². The minimum absolute atomic E-state index is 0.00313. The number of nitriles is 1. The van der Waals surface area contributed by atoms with Gasteiger partial charge in [-0.15, -0.1) is 0 Å². The van der Waals surface area contributed by atoms with Crippen LogP contribution in [0, 0.1) is 17.2 Å². The lowest BCUT2D eigenvalue weighted by Crippen LogP contribution is -2.58. The number of rotatable bonds is 7. The molecule has 0 spiro atoms. The van der Waals surface area contributed by atoms with Gasteiger partial charge in [-0.3, -0.25) is 20.0 Å². The van der Waals surface area contributed by atoms with Crippen LogP contribution in [0.2, 0.25) is 0 Å². The maximum Gasteiger partial charge on any atom is 0.262 e. The van der Waals surface area contributed by atoms with Gasteiger partial charge < -0.3 is 9.64 Å². The van der Waals surface area contributed by atoms with Crippen molar-refractivity contribution in [2.45, 2.75) is 29.7 Å². The van der Waals surface area contributed by atoms with Crippen LogP contribution in [0.1, 0.15) is 19.3 Å². The standard InChI is InChI=1S/C24H29N7O5S/c1-29(2)37(34,35)18-6-4-17(5-7-18)27-22-21-19(8-13-26-23(21)33)31(28-22)24(9-12-25)10-14-30(15-11-24)20(32)16-36-3/h4-8,13,21H,9-11,14-16H2,1-3H3,(H,27,28). The molecule has 1 aromatic carbocycles. The largest absolute Gasteiger partial charge is 0.375 e. The first-order valence-electron chi connectivity index (χ1n) is 11.7. The Bertz CT molecular complexity index is 1300. The first-order valence-corrected chi connectivity index (χ1v) is 13.2. The molecule has 2 fully saturated rings. The molecule has 0 saturated carbocycles. The summed E-state index contributed by atoms with van der Waals surface area (Å²) in [4.78, 5) is 35.5. The molecule has 1 aromatic rings. The lowest BCUT2D eigenvalue weighted by atomic mass is 9.83. The van der Waals surface area contributed by atoms with Crippen LogP contribution < -0.4 is 5.43 Å². The van der Waals surface area contributed by atoms with Crippen molar-refractivity contribution >= 4 is 39.6 Å². The number of ether oxygens (including phenoxy) is 1. The fraction of sp³-hybridized carbons (Fsp3) is 0.458. The molecule has 3 aliphatic heterocycles. The van der Waals surface area contributed by atoms with E-state index >= 15 is 0 Å². The second-order valence-corrected chi connectivity index (χ2v) is 11.4. The van der Waals surface area contributed by atoms with E-state index in [1.807, 2.05) is 5.01 Å². The van der Waals surface area contributed by atoms with Gasteiger partial charge in [0.2, 0.25) is 15.9 Å². The molecule has 3 aliphatic rings. The normalized spacial score (nSPS) is 22.0. The van der Waals surface area contributed by atoms with Crippen LogP contribution in [-0.2, 0) is 24.3 Å². The Morgan fingerprint density at radius 1 is 1.30 bits per heavy atom. The van der Waals surface area contributed by atoms with Crippen LogP contribution in [0.3, 0.4) is 0 Å². The van der Waals surface area contributed by atoms with Gasteiger partial charge in [0.25, 0.3) is 5.91 Å². The molecule has 1 atom stereocenters. The average Bonchev–Trinajstić information content (AvgIpc) is 3.25. The predicted octanol–water partition coefficient (Wildman–Crippen LogP) is 0.819. The smallest absolute Gasteiger partial charge is 0.262 e. The number of nitrogens with one attached hydrogen (secondary N) is 1. The van der Waals surface area contributed by atoms with E-state index in [-0.39, 0.29) is 23.8 Å². The van der Waals surface area contributed by atoms with Crippen molar-refractivity contribution in [2.75, 3.05) is 40.9 Å². The fourth-order valence-electron chi connectivity index (χ4n) is 4.73. The van der Waals surface area contributed by atoms with Gasteiger partial charge in [-0.2, -0.15) is 5.26 Å². The zero-order chi connectivity index (χ0) is 26.8. The molecule has 1 unspecified atom stereocenters. The first kappa shape index (κ1) is 26.5. The number of carbonyl (C=O) groups excluding carboxylic acids is 2. The van der Waals surface area contributed by atoms with E-state index in [9.17, 15) is 23.3 Å². The molecule has 0 bridgehead atoms. The third-order valence-electron chi connectivity index (χ3n) is 6.81. The SMILES string of the molecule is COCC(=O)N1CCC(CC#N)(N2NC(=Nc3ccc(S(=O)(=O)N(C)C)cc3)C3C(=O)N=CC=C32)CC1. The number of dihydropyridines is 1. The Morgan fingerprint density at radius 2 is 1.97 bits per heavy atom. The van der Waals surface area contributed by atoms with Gasteiger partial charge in [0.05, 0.1) is 34.3 Å². The Labute approximate surface area is 215 Å². The fourth-order valence-corrected chi connectivity index (χ4v) is 5.63. The molecule has 2 amide bonds. The quantitative estimate of drug-likeness (QED) is 0.548. The van der Waals surface area contributed by atoms with Crippen LogP contribution in [0.5, 0.6) is 0 Å². The highest BCUT2D eigenvalue weighted by atomic mass is 32.2. The van der Waals surface area contributed by atoms with Gasteiger partial charge in [0, 0.05) is 40.5 Å². The van der Waals surface area contributed by atoms with Gasteiger partial charge in [-0.25, -0.2) is 22.7 Å². The number of hydrazine groups is 1. The lowest BCUT2D eigenvalue weighted by molar-refractivity contribution is -0.137. The summed E-state index contributed by atoms with van der Waals surface area (Å²) in [6, 6.07) is 8.33. The zero-order valence-electron chi connectivity index (χ0n) is 20.9. The highest BCUT2D eigenvalue weighted by molar-refractivity contribution is 7.89. The molecule has 13 heteroatoms. The van der Waals surface area contributed by atoms with Crippen LogP contribution >= 0.6 is 0 Å². The number of hydrogen-bond donors (Lipinski definition) is 1. The Hall–Kier alpha value is -3.60. The molecule has 4 rings (SSSR count). The number of amidine groups is 1. The summed E-state index contributed by atoms with van der Waals surface area (Å²) in [5.74, 6) is -0.940. The van der Waals surface area contributed by atoms with Crippen molar-refractivity contribution in [2.24, 2.45) is 15.9 Å². The number of piperidine rings is 1. The topological polar surface area (TPSA) is 148 Å². The third-order valence-corrected chi connectivity index (χ3v) is 8.64. The van der Waals surface area contributed by atoms with E-state index in [4.69, 9.17) is 4.74 Å². The van der Waals surface area contributed by atoms with Crippen molar-refractivity contribution < 1.29 is 22.7 Å². The number of likely N-dealkylation sites (tertiary alicyclic amines) is 1. The van der Waals surface area contributed by atoms with Gasteiger partial charge >= 0.3 is 0 Å². The van der Waals surface area contributed by atoms with Gasteiger partial charge in [0.15, 0.2) is 0 Å². The number of hydrogen-bond acceptors (Lipinski definition) is 8. The van der Waals surface area contributed by atoms with E-state index in [0.717, 1.165) is 4.31 Å². The first-order chi connectivity index (χ1) is 17.6. The summed E-state index contributed by atoms with van der Waals surface area (Å²) in [6.07, 6.45) is 4.34. The number of fused-ring (bicyclic) bond motifs is 1. The Morgan fingerprint density at radius 3 is 2.57 bits per heavy atom. The molecule has 196 valence electrons.